The maximum atomic E-state index is 4.40. The fourth-order valence-electron chi connectivity index (χ4n) is 0.950. The average Bonchev–Trinajstić information content (AvgIpc) is 2.19. The molecule has 0 aliphatic rings. The number of hydrogen-bond acceptors (Lipinski definition) is 2. The van der Waals surface area contributed by atoms with Crippen molar-refractivity contribution in [3.05, 3.63) is 30.1 Å². The molecule has 0 unspecified atom stereocenters. The topological polar surface area (TPSA) is 25.2 Å². The van der Waals surface area contributed by atoms with Gasteiger partial charge in [-0.25, -0.2) is 0 Å². The van der Waals surface area contributed by atoms with E-state index in [9.17, 15) is 0 Å². The molecule has 0 radical (unpaired) electrons. The van der Waals surface area contributed by atoms with Gasteiger partial charge in [0.25, 0.3) is 0 Å². The SMILES string of the molecule is CCC(C)(C)CN=Cc1ccccn1. The summed E-state index contributed by atoms with van der Waals surface area (Å²) in [7, 11) is 0. The Morgan fingerprint density at radius 1 is 1.43 bits per heavy atom. The number of hydrogen-bond donors (Lipinski definition) is 0. The van der Waals surface area contributed by atoms with Crippen LogP contribution in [0, 0.1) is 5.41 Å². The van der Waals surface area contributed by atoms with Crippen molar-refractivity contribution >= 4 is 6.21 Å². The quantitative estimate of drug-likeness (QED) is 0.670. The molecule has 0 atom stereocenters. The highest BCUT2D eigenvalue weighted by molar-refractivity contribution is 5.76. The van der Waals surface area contributed by atoms with E-state index in [0.29, 0.717) is 5.41 Å². The van der Waals surface area contributed by atoms with Crippen molar-refractivity contribution in [2.45, 2.75) is 27.2 Å². The van der Waals surface area contributed by atoms with E-state index in [4.69, 9.17) is 0 Å². The van der Waals surface area contributed by atoms with E-state index < -0.39 is 0 Å². The van der Waals surface area contributed by atoms with Crippen LogP contribution in [-0.2, 0) is 0 Å². The first-order chi connectivity index (χ1) is 6.64. The molecule has 0 bridgehead atoms. The van der Waals surface area contributed by atoms with E-state index in [1.165, 1.54) is 0 Å². The van der Waals surface area contributed by atoms with Gasteiger partial charge >= 0.3 is 0 Å². The summed E-state index contributed by atoms with van der Waals surface area (Å²) in [5, 5.41) is 0. The monoisotopic (exact) mass is 190 g/mol. The summed E-state index contributed by atoms with van der Waals surface area (Å²) >= 11 is 0. The van der Waals surface area contributed by atoms with E-state index in [-0.39, 0.29) is 0 Å². The molecule has 1 aromatic heterocycles. The van der Waals surface area contributed by atoms with Crippen molar-refractivity contribution in [2.24, 2.45) is 10.4 Å². The third-order valence-electron chi connectivity index (χ3n) is 2.39. The lowest BCUT2D eigenvalue weighted by Gasteiger charge is -2.18. The van der Waals surface area contributed by atoms with Crippen molar-refractivity contribution in [1.82, 2.24) is 4.98 Å². The van der Waals surface area contributed by atoms with E-state index in [2.05, 4.69) is 30.7 Å². The Morgan fingerprint density at radius 3 is 2.79 bits per heavy atom. The molecule has 0 saturated carbocycles. The summed E-state index contributed by atoms with van der Waals surface area (Å²) in [6, 6.07) is 5.84. The maximum Gasteiger partial charge on any atom is 0.0807 e. The molecule has 0 spiro atoms. The highest BCUT2D eigenvalue weighted by atomic mass is 14.8. The van der Waals surface area contributed by atoms with Gasteiger partial charge in [-0.2, -0.15) is 0 Å². The van der Waals surface area contributed by atoms with Crippen LogP contribution in [0.25, 0.3) is 0 Å². The molecule has 0 amide bonds. The maximum absolute atomic E-state index is 4.40. The molecule has 0 fully saturated rings. The summed E-state index contributed by atoms with van der Waals surface area (Å²) in [6.07, 6.45) is 4.77. The number of aromatic nitrogens is 1. The Balaban J connectivity index is 2.50. The van der Waals surface area contributed by atoms with E-state index in [0.717, 1.165) is 18.7 Å². The normalized spacial score (nSPS) is 12.2. The van der Waals surface area contributed by atoms with Gasteiger partial charge < -0.3 is 0 Å². The second-order valence-electron chi connectivity index (χ2n) is 4.24. The molecule has 0 aliphatic heterocycles. The Labute approximate surface area is 86.1 Å². The lowest BCUT2D eigenvalue weighted by atomic mass is 9.91. The van der Waals surface area contributed by atoms with Crippen LogP contribution in [0.2, 0.25) is 0 Å². The van der Waals surface area contributed by atoms with Crippen LogP contribution < -0.4 is 0 Å². The summed E-state index contributed by atoms with van der Waals surface area (Å²) in [5.74, 6) is 0. The summed E-state index contributed by atoms with van der Waals surface area (Å²) in [5.41, 5.74) is 1.23. The van der Waals surface area contributed by atoms with Crippen LogP contribution in [0.1, 0.15) is 32.9 Å². The van der Waals surface area contributed by atoms with Gasteiger partial charge in [0.1, 0.15) is 0 Å². The molecule has 0 N–H and O–H groups in total. The van der Waals surface area contributed by atoms with Crippen LogP contribution in [0.3, 0.4) is 0 Å². The van der Waals surface area contributed by atoms with Crippen LogP contribution >= 0.6 is 0 Å². The zero-order chi connectivity index (χ0) is 10.4. The Bertz CT molecular complexity index is 288. The summed E-state index contributed by atoms with van der Waals surface area (Å²) in [4.78, 5) is 8.57. The van der Waals surface area contributed by atoms with Crippen molar-refractivity contribution in [3.63, 3.8) is 0 Å². The molecular formula is C12H18N2. The van der Waals surface area contributed by atoms with Crippen LogP contribution in [0.5, 0.6) is 0 Å². The van der Waals surface area contributed by atoms with Gasteiger partial charge in [-0.15, -0.1) is 0 Å². The Morgan fingerprint density at radius 2 is 2.21 bits per heavy atom. The van der Waals surface area contributed by atoms with Crippen molar-refractivity contribution in [2.75, 3.05) is 6.54 Å². The lowest BCUT2D eigenvalue weighted by Crippen LogP contribution is -2.13. The predicted molar refractivity (Wildman–Crippen MR) is 60.8 cm³/mol. The molecule has 76 valence electrons. The van der Waals surface area contributed by atoms with E-state index in [1.807, 2.05) is 24.4 Å². The highest BCUT2D eigenvalue weighted by Crippen LogP contribution is 2.19. The molecule has 2 heteroatoms. The number of rotatable bonds is 4. The van der Waals surface area contributed by atoms with Gasteiger partial charge in [0.15, 0.2) is 0 Å². The molecular weight excluding hydrogens is 172 g/mol. The third kappa shape index (κ3) is 3.69. The molecule has 1 heterocycles. The molecule has 0 aromatic carbocycles. The zero-order valence-corrected chi connectivity index (χ0v) is 9.20. The minimum Gasteiger partial charge on any atom is -0.290 e. The van der Waals surface area contributed by atoms with Gasteiger partial charge in [-0.3, -0.25) is 9.98 Å². The third-order valence-corrected chi connectivity index (χ3v) is 2.39. The van der Waals surface area contributed by atoms with Crippen LogP contribution in [0.15, 0.2) is 29.4 Å². The van der Waals surface area contributed by atoms with Crippen LogP contribution in [0.4, 0.5) is 0 Å². The van der Waals surface area contributed by atoms with Crippen LogP contribution in [-0.4, -0.2) is 17.7 Å². The Hall–Kier alpha value is -1.18. The first kappa shape index (κ1) is 10.9. The molecule has 1 aromatic rings. The van der Waals surface area contributed by atoms with Gasteiger partial charge in [-0.05, 0) is 24.0 Å². The predicted octanol–water partition coefficient (Wildman–Crippen LogP) is 2.94. The van der Waals surface area contributed by atoms with E-state index >= 15 is 0 Å². The summed E-state index contributed by atoms with van der Waals surface area (Å²) in [6.45, 7) is 7.50. The molecule has 14 heavy (non-hydrogen) atoms. The van der Waals surface area contributed by atoms with Crippen molar-refractivity contribution < 1.29 is 0 Å². The zero-order valence-electron chi connectivity index (χ0n) is 9.20. The standard InChI is InChI=1S/C12H18N2/c1-4-12(2,3)10-13-9-11-7-5-6-8-14-11/h5-9H,4,10H2,1-3H3. The van der Waals surface area contributed by atoms with Gasteiger partial charge in [0.2, 0.25) is 0 Å². The van der Waals surface area contributed by atoms with Gasteiger partial charge in [0.05, 0.1) is 5.69 Å². The average molecular weight is 190 g/mol. The summed E-state index contributed by atoms with van der Waals surface area (Å²) < 4.78 is 0. The first-order valence-electron chi connectivity index (χ1n) is 5.05. The number of pyridine rings is 1. The fraction of sp³-hybridized carbons (Fsp3) is 0.500. The minimum atomic E-state index is 0.297. The smallest absolute Gasteiger partial charge is 0.0807 e. The number of aliphatic imine (C=N–C) groups is 1. The van der Waals surface area contributed by atoms with Crippen molar-refractivity contribution in [1.29, 1.82) is 0 Å². The highest BCUT2D eigenvalue weighted by Gasteiger charge is 2.12. The fourth-order valence-corrected chi connectivity index (χ4v) is 0.950. The second-order valence-corrected chi connectivity index (χ2v) is 4.24. The lowest BCUT2D eigenvalue weighted by molar-refractivity contribution is 0.366. The minimum absolute atomic E-state index is 0.297. The first-order valence-corrected chi connectivity index (χ1v) is 5.05. The second kappa shape index (κ2) is 4.89. The molecule has 2 nitrogen and oxygen atoms in total. The van der Waals surface area contributed by atoms with Gasteiger partial charge in [-0.1, -0.05) is 26.8 Å². The Kier molecular flexibility index (Phi) is 3.81. The molecule has 0 aliphatic carbocycles. The molecule has 1 rings (SSSR count). The van der Waals surface area contributed by atoms with E-state index in [1.54, 1.807) is 6.20 Å². The van der Waals surface area contributed by atoms with Gasteiger partial charge in [0, 0.05) is 19.0 Å². The van der Waals surface area contributed by atoms with Crippen molar-refractivity contribution in [3.8, 4) is 0 Å². The molecule has 0 saturated heterocycles. The largest absolute Gasteiger partial charge is 0.290 e. The number of nitrogens with zero attached hydrogens (tertiary/aromatic N) is 2.